The molecule has 5 heteroatoms. The Labute approximate surface area is 147 Å². The number of halogens is 1. The van der Waals surface area contributed by atoms with E-state index in [1.165, 1.54) is 20.9 Å². The third-order valence-corrected chi connectivity index (χ3v) is 6.33. The molecule has 1 amide bonds. The van der Waals surface area contributed by atoms with E-state index < -0.39 is 0 Å². The van der Waals surface area contributed by atoms with Gasteiger partial charge in [0.15, 0.2) is 0 Å². The number of carbonyl (C=O) groups excluding carboxylic acids is 1. The van der Waals surface area contributed by atoms with Crippen molar-refractivity contribution >= 4 is 46.3 Å². The van der Waals surface area contributed by atoms with Crippen molar-refractivity contribution in [2.75, 3.05) is 5.32 Å². The SMILES string of the molecule is O=C(Nc1ccccc1Cl)c1cc2c(s1)-c1ccccc1SC2. The molecule has 0 atom stereocenters. The number of amides is 1. The van der Waals surface area contributed by atoms with Crippen LogP contribution in [-0.2, 0) is 5.75 Å². The van der Waals surface area contributed by atoms with E-state index in [9.17, 15) is 4.79 Å². The number of thiophene rings is 1. The molecule has 114 valence electrons. The molecule has 0 bridgehead atoms. The number of para-hydroxylation sites is 1. The molecule has 1 aromatic heterocycles. The monoisotopic (exact) mass is 357 g/mol. The Kier molecular flexibility index (Phi) is 3.89. The highest BCUT2D eigenvalue weighted by molar-refractivity contribution is 7.98. The van der Waals surface area contributed by atoms with E-state index in [0.29, 0.717) is 15.6 Å². The molecule has 0 unspecified atom stereocenters. The quantitative estimate of drug-likeness (QED) is 0.616. The van der Waals surface area contributed by atoms with Crippen LogP contribution in [0.25, 0.3) is 10.4 Å². The number of nitrogens with one attached hydrogen (secondary N) is 1. The van der Waals surface area contributed by atoms with Crippen molar-refractivity contribution in [2.45, 2.75) is 10.6 Å². The first kappa shape index (κ1) is 14.8. The number of benzene rings is 2. The van der Waals surface area contributed by atoms with E-state index in [-0.39, 0.29) is 5.91 Å². The van der Waals surface area contributed by atoms with E-state index in [0.717, 1.165) is 5.75 Å². The minimum absolute atomic E-state index is 0.111. The second-order valence-corrected chi connectivity index (χ2v) is 7.66. The van der Waals surface area contributed by atoms with E-state index in [4.69, 9.17) is 11.6 Å². The molecule has 0 fully saturated rings. The summed E-state index contributed by atoms with van der Waals surface area (Å²) in [6.07, 6.45) is 0. The lowest BCUT2D eigenvalue weighted by Gasteiger charge is -2.14. The topological polar surface area (TPSA) is 29.1 Å². The van der Waals surface area contributed by atoms with Crippen molar-refractivity contribution in [1.82, 2.24) is 0 Å². The van der Waals surface area contributed by atoms with Gasteiger partial charge in [-0.05, 0) is 29.8 Å². The van der Waals surface area contributed by atoms with Gasteiger partial charge in [0.25, 0.3) is 5.91 Å². The van der Waals surface area contributed by atoms with E-state index in [1.807, 2.05) is 36.0 Å². The third kappa shape index (κ3) is 2.78. The van der Waals surface area contributed by atoms with Gasteiger partial charge >= 0.3 is 0 Å². The van der Waals surface area contributed by atoms with Crippen molar-refractivity contribution in [2.24, 2.45) is 0 Å². The minimum atomic E-state index is -0.111. The Morgan fingerprint density at radius 3 is 2.74 bits per heavy atom. The molecule has 0 radical (unpaired) electrons. The molecular formula is C18H12ClNOS2. The Bertz CT molecular complexity index is 904. The van der Waals surface area contributed by atoms with Crippen LogP contribution < -0.4 is 5.32 Å². The van der Waals surface area contributed by atoms with Crippen LogP contribution in [0.2, 0.25) is 5.02 Å². The lowest BCUT2D eigenvalue weighted by molar-refractivity contribution is 0.103. The maximum atomic E-state index is 12.5. The van der Waals surface area contributed by atoms with Crippen LogP contribution in [0.15, 0.2) is 59.5 Å². The van der Waals surface area contributed by atoms with Gasteiger partial charge in [0.1, 0.15) is 0 Å². The van der Waals surface area contributed by atoms with E-state index in [1.54, 1.807) is 23.5 Å². The average molecular weight is 358 g/mol. The Morgan fingerprint density at radius 2 is 1.87 bits per heavy atom. The summed E-state index contributed by atoms with van der Waals surface area (Å²) in [6, 6.07) is 17.6. The maximum absolute atomic E-state index is 12.5. The first-order valence-corrected chi connectivity index (χ1v) is 9.31. The predicted octanol–water partition coefficient (Wildman–Crippen LogP) is 5.93. The van der Waals surface area contributed by atoms with Crippen LogP contribution in [0.4, 0.5) is 5.69 Å². The largest absolute Gasteiger partial charge is 0.320 e. The highest BCUT2D eigenvalue weighted by Crippen LogP contribution is 2.45. The molecule has 2 heterocycles. The molecule has 0 saturated carbocycles. The summed E-state index contributed by atoms with van der Waals surface area (Å²) in [6.45, 7) is 0. The van der Waals surface area contributed by atoms with Gasteiger partial charge in [0.2, 0.25) is 0 Å². The van der Waals surface area contributed by atoms with Crippen molar-refractivity contribution < 1.29 is 4.79 Å². The molecule has 4 rings (SSSR count). The molecular weight excluding hydrogens is 346 g/mol. The van der Waals surface area contributed by atoms with Crippen molar-refractivity contribution in [3.8, 4) is 10.4 Å². The first-order valence-electron chi connectivity index (χ1n) is 7.13. The van der Waals surface area contributed by atoms with Crippen LogP contribution in [0, 0.1) is 0 Å². The molecule has 0 saturated heterocycles. The second kappa shape index (κ2) is 6.04. The second-order valence-electron chi connectivity index (χ2n) is 5.18. The highest BCUT2D eigenvalue weighted by atomic mass is 35.5. The first-order chi connectivity index (χ1) is 11.2. The summed E-state index contributed by atoms with van der Waals surface area (Å²) < 4.78 is 0. The number of thioether (sulfide) groups is 1. The molecule has 0 aliphatic carbocycles. The normalized spacial score (nSPS) is 12.4. The maximum Gasteiger partial charge on any atom is 0.265 e. The number of rotatable bonds is 2. The zero-order valence-corrected chi connectivity index (χ0v) is 14.4. The van der Waals surface area contributed by atoms with E-state index in [2.05, 4.69) is 23.5 Å². The molecule has 1 aliphatic heterocycles. The number of fused-ring (bicyclic) bond motifs is 3. The van der Waals surface area contributed by atoms with Crippen LogP contribution in [0.3, 0.4) is 0 Å². The average Bonchev–Trinajstić information content (AvgIpc) is 3.02. The Hall–Kier alpha value is -1.75. The molecule has 1 N–H and O–H groups in total. The van der Waals surface area contributed by atoms with Crippen LogP contribution in [0.5, 0.6) is 0 Å². The summed E-state index contributed by atoms with van der Waals surface area (Å²) in [4.78, 5) is 15.7. The van der Waals surface area contributed by atoms with Gasteiger partial charge in [-0.1, -0.05) is 41.9 Å². The smallest absolute Gasteiger partial charge is 0.265 e. The molecule has 0 spiro atoms. The number of hydrogen-bond donors (Lipinski definition) is 1. The minimum Gasteiger partial charge on any atom is -0.320 e. The van der Waals surface area contributed by atoms with Gasteiger partial charge in [0.05, 0.1) is 15.6 Å². The molecule has 2 aromatic carbocycles. The summed E-state index contributed by atoms with van der Waals surface area (Å²) in [5.74, 6) is 0.794. The molecule has 3 aromatic rings. The van der Waals surface area contributed by atoms with Crippen LogP contribution in [0.1, 0.15) is 15.2 Å². The molecule has 2 nitrogen and oxygen atoms in total. The standard InChI is InChI=1S/C18H12ClNOS2/c19-13-6-2-3-7-14(13)20-18(21)16-9-11-10-22-15-8-4-1-5-12(15)17(11)23-16/h1-9H,10H2,(H,20,21). The van der Waals surface area contributed by atoms with Crippen LogP contribution in [-0.4, -0.2) is 5.91 Å². The van der Waals surface area contributed by atoms with Crippen molar-refractivity contribution in [1.29, 1.82) is 0 Å². The molecule has 1 aliphatic rings. The summed E-state index contributed by atoms with van der Waals surface area (Å²) >= 11 is 9.47. The summed E-state index contributed by atoms with van der Waals surface area (Å²) in [7, 11) is 0. The highest BCUT2D eigenvalue weighted by Gasteiger charge is 2.22. The lowest BCUT2D eigenvalue weighted by atomic mass is 10.1. The number of carbonyl (C=O) groups is 1. The zero-order valence-electron chi connectivity index (χ0n) is 12.0. The Morgan fingerprint density at radius 1 is 1.09 bits per heavy atom. The van der Waals surface area contributed by atoms with Crippen molar-refractivity contribution in [3.63, 3.8) is 0 Å². The van der Waals surface area contributed by atoms with Crippen LogP contribution >= 0.6 is 34.7 Å². The fourth-order valence-electron chi connectivity index (χ4n) is 2.56. The fourth-order valence-corrected chi connectivity index (χ4v) is 5.05. The lowest BCUT2D eigenvalue weighted by Crippen LogP contribution is -2.10. The van der Waals surface area contributed by atoms with Gasteiger partial charge in [-0.2, -0.15) is 0 Å². The van der Waals surface area contributed by atoms with Crippen molar-refractivity contribution in [3.05, 3.63) is 70.1 Å². The van der Waals surface area contributed by atoms with Gasteiger partial charge in [-0.3, -0.25) is 4.79 Å². The Balaban J connectivity index is 1.66. The predicted molar refractivity (Wildman–Crippen MR) is 98.7 cm³/mol. The van der Waals surface area contributed by atoms with Gasteiger partial charge < -0.3 is 5.32 Å². The summed E-state index contributed by atoms with van der Waals surface area (Å²) in [5.41, 5.74) is 3.09. The van der Waals surface area contributed by atoms with Gasteiger partial charge in [-0.15, -0.1) is 23.1 Å². The number of hydrogen-bond acceptors (Lipinski definition) is 3. The van der Waals surface area contributed by atoms with E-state index >= 15 is 0 Å². The summed E-state index contributed by atoms with van der Waals surface area (Å²) in [5, 5.41) is 3.44. The zero-order chi connectivity index (χ0) is 15.8. The third-order valence-electron chi connectivity index (χ3n) is 3.67. The van der Waals surface area contributed by atoms with Gasteiger partial charge in [0, 0.05) is 21.1 Å². The molecule has 23 heavy (non-hydrogen) atoms. The fraction of sp³-hybridized carbons (Fsp3) is 0.0556. The number of anilines is 1. The van der Waals surface area contributed by atoms with Gasteiger partial charge in [-0.25, -0.2) is 0 Å².